The van der Waals surface area contributed by atoms with Crippen LogP contribution in [0.25, 0.3) is 10.9 Å². The van der Waals surface area contributed by atoms with Crippen LogP contribution in [0.1, 0.15) is 0 Å². The van der Waals surface area contributed by atoms with Crippen LogP contribution in [0.3, 0.4) is 0 Å². The summed E-state index contributed by atoms with van der Waals surface area (Å²) >= 11 is 3.26. The van der Waals surface area contributed by atoms with Crippen LogP contribution in [-0.4, -0.2) is 14.9 Å². The fourth-order valence-corrected chi connectivity index (χ4v) is 1.41. The van der Waals surface area contributed by atoms with Crippen molar-refractivity contribution in [2.45, 2.75) is 0 Å². The first-order valence-corrected chi connectivity index (χ1v) is 4.26. The van der Waals surface area contributed by atoms with E-state index < -0.39 is 5.03 Å². The number of hydrogen-bond acceptors (Lipinski definition) is 3. The van der Waals surface area contributed by atoms with Gasteiger partial charge in [0.05, 0.1) is 15.5 Å². The normalized spacial score (nSPS) is 10.5. The number of benzene rings is 1. The lowest BCUT2D eigenvalue weighted by Gasteiger charge is -1.86. The molecule has 0 atom stereocenters. The molecule has 0 spiro atoms. The van der Waals surface area contributed by atoms with E-state index in [2.05, 4.69) is 21.0 Å². The van der Waals surface area contributed by atoms with Crippen LogP contribution < -0.4 is 0 Å². The Morgan fingerprint density at radius 2 is 2.31 bits per heavy atom. The Labute approximate surface area is 81.2 Å². The highest BCUT2D eigenvalue weighted by molar-refractivity contribution is 9.10. The third-order valence-electron chi connectivity index (χ3n) is 1.62. The molecule has 0 unspecified atom stereocenters. The molecule has 0 aliphatic heterocycles. The van der Waals surface area contributed by atoms with E-state index in [1.165, 1.54) is 6.20 Å². The Bertz CT molecular complexity index is 480. The lowest BCUT2D eigenvalue weighted by Crippen LogP contribution is -2.07. The highest BCUT2D eigenvalue weighted by atomic mass is 79.9. The molecule has 6 heteroatoms. The molecule has 1 heterocycles. The Balaban J connectivity index is 2.68. The molecule has 66 valence electrons. The summed E-state index contributed by atoms with van der Waals surface area (Å²) in [5, 5.41) is 14.3. The van der Waals surface area contributed by atoms with Crippen LogP contribution in [0.2, 0.25) is 0 Å². The minimum Gasteiger partial charge on any atom is -0.339 e. The van der Waals surface area contributed by atoms with E-state index in [9.17, 15) is 10.1 Å². The lowest BCUT2D eigenvalue weighted by atomic mass is 10.3. The fraction of sp³-hybridized carbons (Fsp3) is 0. The molecular formula is C7H4BrN3O2. The van der Waals surface area contributed by atoms with Gasteiger partial charge in [-0.3, -0.25) is 0 Å². The van der Waals surface area contributed by atoms with Crippen LogP contribution in [0.4, 0.5) is 0 Å². The van der Waals surface area contributed by atoms with Gasteiger partial charge in [0.25, 0.3) is 0 Å². The number of aromatic nitrogens is 2. The summed E-state index contributed by atoms with van der Waals surface area (Å²) in [7, 11) is 0. The van der Waals surface area contributed by atoms with Gasteiger partial charge in [-0.2, -0.15) is 0 Å². The molecule has 0 saturated heterocycles. The molecule has 2 aromatic rings. The minimum atomic E-state index is -0.575. The Hall–Kier alpha value is -1.43. The molecule has 1 aromatic heterocycles. The molecule has 0 fully saturated rings. The van der Waals surface area contributed by atoms with Gasteiger partial charge >= 0.3 is 0 Å². The SMILES string of the molecule is O=[N+]([O-])n1cc2ccc(Br)cc2n1. The predicted molar refractivity (Wildman–Crippen MR) is 49.8 cm³/mol. The first-order chi connectivity index (χ1) is 6.16. The molecular weight excluding hydrogens is 238 g/mol. The second-order valence-corrected chi connectivity index (χ2v) is 3.41. The van der Waals surface area contributed by atoms with Crippen molar-refractivity contribution in [3.63, 3.8) is 0 Å². The van der Waals surface area contributed by atoms with E-state index in [0.717, 1.165) is 9.86 Å². The molecule has 0 radical (unpaired) electrons. The third kappa shape index (κ3) is 1.40. The second-order valence-electron chi connectivity index (χ2n) is 2.49. The van der Waals surface area contributed by atoms with Crippen LogP contribution >= 0.6 is 15.9 Å². The van der Waals surface area contributed by atoms with Gasteiger partial charge in [-0.15, -0.1) is 0 Å². The molecule has 5 nitrogen and oxygen atoms in total. The highest BCUT2D eigenvalue weighted by Crippen LogP contribution is 2.17. The summed E-state index contributed by atoms with van der Waals surface area (Å²) in [6, 6.07) is 5.32. The summed E-state index contributed by atoms with van der Waals surface area (Å²) < 4.78 is 0.855. The molecule has 0 aliphatic rings. The average Bonchev–Trinajstić information content (AvgIpc) is 2.46. The topological polar surface area (TPSA) is 61.0 Å². The van der Waals surface area contributed by atoms with E-state index in [0.29, 0.717) is 10.3 Å². The Morgan fingerprint density at radius 1 is 1.54 bits per heavy atom. The van der Waals surface area contributed by atoms with Gasteiger partial charge in [0.2, 0.25) is 5.52 Å². The fourth-order valence-electron chi connectivity index (χ4n) is 1.06. The standard InChI is InChI=1S/C7H4BrN3O2/c8-6-2-1-5-4-10(11(12)13)9-7(5)3-6/h1-4H. The monoisotopic (exact) mass is 241 g/mol. The van der Waals surface area contributed by atoms with E-state index in [1.807, 2.05) is 6.07 Å². The van der Waals surface area contributed by atoms with Gasteiger partial charge in [-0.25, -0.2) is 0 Å². The molecule has 0 N–H and O–H groups in total. The number of hydrogen-bond donors (Lipinski definition) is 0. The first kappa shape index (κ1) is 8.18. The van der Waals surface area contributed by atoms with Crippen molar-refractivity contribution in [2.75, 3.05) is 0 Å². The number of halogens is 1. The lowest BCUT2D eigenvalue weighted by molar-refractivity contribution is -0.552. The van der Waals surface area contributed by atoms with Gasteiger partial charge < -0.3 is 10.1 Å². The van der Waals surface area contributed by atoms with E-state index >= 15 is 0 Å². The maximum atomic E-state index is 10.3. The maximum absolute atomic E-state index is 10.3. The van der Waals surface area contributed by atoms with Gasteiger partial charge in [0.1, 0.15) is 6.20 Å². The van der Waals surface area contributed by atoms with Crippen molar-refractivity contribution in [1.29, 1.82) is 0 Å². The van der Waals surface area contributed by atoms with Gasteiger partial charge in [-0.05, 0) is 12.1 Å². The molecule has 13 heavy (non-hydrogen) atoms. The third-order valence-corrected chi connectivity index (χ3v) is 2.12. The summed E-state index contributed by atoms with van der Waals surface area (Å²) in [6.45, 7) is 0. The average molecular weight is 242 g/mol. The summed E-state index contributed by atoms with van der Waals surface area (Å²) in [6.07, 6.45) is 1.38. The van der Waals surface area contributed by atoms with E-state index in [1.54, 1.807) is 12.1 Å². The second kappa shape index (κ2) is 2.81. The van der Waals surface area contributed by atoms with Crippen molar-refractivity contribution in [3.8, 4) is 0 Å². The Morgan fingerprint density at radius 3 is 3.00 bits per heavy atom. The Kier molecular flexibility index (Phi) is 1.77. The van der Waals surface area contributed by atoms with Gasteiger partial charge in [0, 0.05) is 15.3 Å². The van der Waals surface area contributed by atoms with Crippen molar-refractivity contribution in [2.24, 2.45) is 0 Å². The molecule has 1 aromatic carbocycles. The predicted octanol–water partition coefficient (Wildman–Crippen LogP) is 1.84. The van der Waals surface area contributed by atoms with E-state index in [-0.39, 0.29) is 0 Å². The zero-order valence-corrected chi connectivity index (χ0v) is 7.93. The van der Waals surface area contributed by atoms with Crippen molar-refractivity contribution in [1.82, 2.24) is 9.89 Å². The summed E-state index contributed by atoms with van der Waals surface area (Å²) in [5.41, 5.74) is 0.603. The molecule has 0 bridgehead atoms. The van der Waals surface area contributed by atoms with Crippen LogP contribution in [0.5, 0.6) is 0 Å². The van der Waals surface area contributed by atoms with Crippen LogP contribution in [0.15, 0.2) is 28.9 Å². The van der Waals surface area contributed by atoms with Crippen molar-refractivity contribution < 1.29 is 5.03 Å². The number of fused-ring (bicyclic) bond motifs is 1. The van der Waals surface area contributed by atoms with Gasteiger partial charge in [0.15, 0.2) is 0 Å². The minimum absolute atomic E-state index is 0.575. The smallest absolute Gasteiger partial charge is 0.211 e. The zero-order chi connectivity index (χ0) is 9.42. The van der Waals surface area contributed by atoms with Crippen molar-refractivity contribution >= 4 is 26.8 Å². The zero-order valence-electron chi connectivity index (χ0n) is 6.35. The van der Waals surface area contributed by atoms with Crippen LogP contribution in [0, 0.1) is 10.1 Å². The number of nitrogens with zero attached hydrogens (tertiary/aromatic N) is 3. The maximum Gasteiger partial charge on any atom is 0.211 e. The molecule has 0 saturated carbocycles. The summed E-state index contributed by atoms with van der Waals surface area (Å²) in [5.74, 6) is 0. The quantitative estimate of drug-likeness (QED) is 0.566. The number of nitro groups is 1. The first-order valence-electron chi connectivity index (χ1n) is 3.46. The summed E-state index contributed by atoms with van der Waals surface area (Å²) in [4.78, 5) is 11.1. The van der Waals surface area contributed by atoms with E-state index in [4.69, 9.17) is 0 Å². The highest BCUT2D eigenvalue weighted by Gasteiger charge is 2.09. The van der Waals surface area contributed by atoms with Gasteiger partial charge in [-0.1, -0.05) is 15.9 Å². The largest absolute Gasteiger partial charge is 0.339 e. The molecule has 2 rings (SSSR count). The number of rotatable bonds is 1. The van der Waals surface area contributed by atoms with Crippen LogP contribution in [-0.2, 0) is 0 Å². The van der Waals surface area contributed by atoms with Crippen molar-refractivity contribution in [3.05, 3.63) is 39.0 Å². The molecule has 0 amide bonds. The molecule has 0 aliphatic carbocycles.